The molecule has 3 nitrogen and oxygen atoms in total. The molecule has 0 atom stereocenters. The van der Waals surface area contributed by atoms with Crippen LogP contribution in [-0.2, 0) is 11.2 Å². The van der Waals surface area contributed by atoms with Crippen molar-refractivity contribution < 1.29 is 9.21 Å². The molecule has 88 valence electrons. The van der Waals surface area contributed by atoms with E-state index in [0.717, 1.165) is 25.0 Å². The van der Waals surface area contributed by atoms with Crippen molar-refractivity contribution in [1.29, 1.82) is 0 Å². The second kappa shape index (κ2) is 5.73. The quantitative estimate of drug-likeness (QED) is 0.848. The molecule has 0 aliphatic heterocycles. The Labute approximate surface area is 96.2 Å². The lowest BCUT2D eigenvalue weighted by atomic mass is 9.89. The second-order valence-electron chi connectivity index (χ2n) is 4.46. The fourth-order valence-electron chi connectivity index (χ4n) is 2.27. The maximum absolute atomic E-state index is 11.8. The Morgan fingerprint density at radius 1 is 1.38 bits per heavy atom. The Kier molecular flexibility index (Phi) is 4.03. The molecule has 3 heteroatoms. The predicted molar refractivity (Wildman–Crippen MR) is 62.0 cm³/mol. The normalized spacial score (nSPS) is 17.2. The Balaban J connectivity index is 1.67. The van der Waals surface area contributed by atoms with Gasteiger partial charge in [-0.1, -0.05) is 19.3 Å². The minimum Gasteiger partial charge on any atom is -0.469 e. The highest BCUT2D eigenvalue weighted by Crippen LogP contribution is 2.23. The number of carbonyl (C=O) groups is 1. The van der Waals surface area contributed by atoms with Crippen LogP contribution in [-0.4, -0.2) is 12.5 Å². The van der Waals surface area contributed by atoms with E-state index in [-0.39, 0.29) is 11.8 Å². The topological polar surface area (TPSA) is 42.2 Å². The molecular weight excluding hydrogens is 202 g/mol. The smallest absolute Gasteiger partial charge is 0.223 e. The first-order chi connectivity index (χ1) is 7.86. The Morgan fingerprint density at radius 2 is 2.19 bits per heavy atom. The molecule has 0 bridgehead atoms. The lowest BCUT2D eigenvalue weighted by Gasteiger charge is -2.20. The van der Waals surface area contributed by atoms with Gasteiger partial charge in [0.15, 0.2) is 0 Å². The first-order valence-electron chi connectivity index (χ1n) is 6.16. The average Bonchev–Trinajstić information content (AvgIpc) is 2.83. The molecule has 1 aromatic heterocycles. The van der Waals surface area contributed by atoms with Crippen LogP contribution in [0.4, 0.5) is 0 Å². The maximum atomic E-state index is 11.8. The van der Waals surface area contributed by atoms with Crippen molar-refractivity contribution in [3.05, 3.63) is 24.2 Å². The number of rotatable bonds is 4. The van der Waals surface area contributed by atoms with Gasteiger partial charge in [0.05, 0.1) is 6.26 Å². The first-order valence-corrected chi connectivity index (χ1v) is 6.16. The zero-order valence-electron chi connectivity index (χ0n) is 9.58. The standard InChI is InChI=1S/C13H19NO2/c15-13(11-5-2-1-3-6-11)14-9-8-12-7-4-10-16-12/h4,7,10-11H,1-3,5-6,8-9H2,(H,14,15). The van der Waals surface area contributed by atoms with Crippen LogP contribution in [0.3, 0.4) is 0 Å². The van der Waals surface area contributed by atoms with E-state index < -0.39 is 0 Å². The van der Waals surface area contributed by atoms with Crippen molar-refractivity contribution in [2.45, 2.75) is 38.5 Å². The summed E-state index contributed by atoms with van der Waals surface area (Å²) in [4.78, 5) is 11.8. The van der Waals surface area contributed by atoms with Gasteiger partial charge in [-0.05, 0) is 25.0 Å². The van der Waals surface area contributed by atoms with E-state index in [9.17, 15) is 4.79 Å². The number of amides is 1. The number of nitrogens with one attached hydrogen (secondary N) is 1. The predicted octanol–water partition coefficient (Wildman–Crippen LogP) is 2.52. The SMILES string of the molecule is O=C(NCCc1ccco1)C1CCCCC1. The molecule has 0 radical (unpaired) electrons. The Bertz CT molecular complexity index is 313. The highest BCUT2D eigenvalue weighted by molar-refractivity contribution is 5.78. The molecule has 1 aromatic rings. The van der Waals surface area contributed by atoms with Crippen molar-refractivity contribution in [2.75, 3.05) is 6.54 Å². The minimum absolute atomic E-state index is 0.228. The number of hydrogen-bond donors (Lipinski definition) is 1. The summed E-state index contributed by atoms with van der Waals surface area (Å²) in [5, 5.41) is 2.99. The van der Waals surface area contributed by atoms with Crippen LogP contribution < -0.4 is 5.32 Å². The van der Waals surface area contributed by atoms with Crippen LogP contribution in [0.25, 0.3) is 0 Å². The van der Waals surface area contributed by atoms with Crippen LogP contribution in [0.5, 0.6) is 0 Å². The van der Waals surface area contributed by atoms with E-state index in [1.165, 1.54) is 19.3 Å². The lowest BCUT2D eigenvalue weighted by molar-refractivity contribution is -0.125. The van der Waals surface area contributed by atoms with Crippen LogP contribution in [0.2, 0.25) is 0 Å². The van der Waals surface area contributed by atoms with E-state index in [4.69, 9.17) is 4.42 Å². The van der Waals surface area contributed by atoms with Crippen molar-refractivity contribution in [3.63, 3.8) is 0 Å². The van der Waals surface area contributed by atoms with Gasteiger partial charge in [0.25, 0.3) is 0 Å². The molecule has 1 aliphatic rings. The van der Waals surface area contributed by atoms with Crippen LogP contribution in [0.1, 0.15) is 37.9 Å². The molecular formula is C13H19NO2. The monoisotopic (exact) mass is 221 g/mol. The van der Waals surface area contributed by atoms with E-state index in [0.29, 0.717) is 6.54 Å². The van der Waals surface area contributed by atoms with Gasteiger partial charge in [-0.25, -0.2) is 0 Å². The van der Waals surface area contributed by atoms with Gasteiger partial charge in [-0.3, -0.25) is 4.79 Å². The summed E-state index contributed by atoms with van der Waals surface area (Å²) >= 11 is 0. The van der Waals surface area contributed by atoms with Gasteiger partial charge < -0.3 is 9.73 Å². The fraction of sp³-hybridized carbons (Fsp3) is 0.615. The van der Waals surface area contributed by atoms with Crippen LogP contribution in [0.15, 0.2) is 22.8 Å². The molecule has 0 spiro atoms. The highest BCUT2D eigenvalue weighted by atomic mass is 16.3. The first kappa shape index (κ1) is 11.2. The molecule has 1 saturated carbocycles. The maximum Gasteiger partial charge on any atom is 0.223 e. The van der Waals surface area contributed by atoms with E-state index in [2.05, 4.69) is 5.32 Å². The molecule has 1 fully saturated rings. The van der Waals surface area contributed by atoms with Gasteiger partial charge in [0.1, 0.15) is 5.76 Å². The zero-order valence-corrected chi connectivity index (χ0v) is 9.58. The minimum atomic E-state index is 0.228. The third-order valence-corrected chi connectivity index (χ3v) is 3.23. The zero-order chi connectivity index (χ0) is 11.2. The van der Waals surface area contributed by atoms with Crippen molar-refractivity contribution in [3.8, 4) is 0 Å². The molecule has 0 aromatic carbocycles. The van der Waals surface area contributed by atoms with Gasteiger partial charge in [-0.15, -0.1) is 0 Å². The summed E-state index contributed by atoms with van der Waals surface area (Å²) in [6.45, 7) is 0.683. The van der Waals surface area contributed by atoms with Gasteiger partial charge >= 0.3 is 0 Å². The fourth-order valence-corrected chi connectivity index (χ4v) is 2.27. The number of furan rings is 1. The van der Waals surface area contributed by atoms with E-state index in [1.54, 1.807) is 6.26 Å². The molecule has 16 heavy (non-hydrogen) atoms. The summed E-state index contributed by atoms with van der Waals surface area (Å²) in [5.41, 5.74) is 0. The van der Waals surface area contributed by atoms with Gasteiger partial charge in [0.2, 0.25) is 5.91 Å². The Hall–Kier alpha value is -1.25. The molecule has 1 aliphatic carbocycles. The summed E-state index contributed by atoms with van der Waals surface area (Å²) < 4.78 is 5.21. The highest BCUT2D eigenvalue weighted by Gasteiger charge is 2.20. The van der Waals surface area contributed by atoms with E-state index >= 15 is 0 Å². The molecule has 2 rings (SSSR count). The molecule has 0 saturated heterocycles. The number of hydrogen-bond acceptors (Lipinski definition) is 2. The third-order valence-electron chi connectivity index (χ3n) is 3.23. The van der Waals surface area contributed by atoms with Gasteiger partial charge in [0, 0.05) is 18.9 Å². The molecule has 0 unspecified atom stereocenters. The third kappa shape index (κ3) is 3.12. The van der Waals surface area contributed by atoms with Crippen molar-refractivity contribution >= 4 is 5.91 Å². The van der Waals surface area contributed by atoms with E-state index in [1.807, 2.05) is 12.1 Å². The second-order valence-corrected chi connectivity index (χ2v) is 4.46. The summed E-state index contributed by atoms with van der Waals surface area (Å²) in [6, 6.07) is 3.81. The van der Waals surface area contributed by atoms with Gasteiger partial charge in [-0.2, -0.15) is 0 Å². The average molecular weight is 221 g/mol. The van der Waals surface area contributed by atoms with Crippen LogP contribution >= 0.6 is 0 Å². The molecule has 1 amide bonds. The summed E-state index contributed by atoms with van der Waals surface area (Å²) in [7, 11) is 0. The van der Waals surface area contributed by atoms with Crippen LogP contribution in [0, 0.1) is 5.92 Å². The number of carbonyl (C=O) groups excluding carboxylic acids is 1. The summed E-state index contributed by atoms with van der Waals surface area (Å²) in [5.74, 6) is 1.42. The largest absolute Gasteiger partial charge is 0.469 e. The Morgan fingerprint density at radius 3 is 2.88 bits per heavy atom. The van der Waals surface area contributed by atoms with Crippen molar-refractivity contribution in [1.82, 2.24) is 5.32 Å². The van der Waals surface area contributed by atoms with Crippen molar-refractivity contribution in [2.24, 2.45) is 5.92 Å². The molecule has 1 N–H and O–H groups in total. The lowest BCUT2D eigenvalue weighted by Crippen LogP contribution is -2.33. The summed E-state index contributed by atoms with van der Waals surface area (Å²) in [6.07, 6.45) is 8.27. The molecule has 1 heterocycles.